The fourth-order valence-electron chi connectivity index (χ4n) is 0. The van der Waals surface area contributed by atoms with Crippen molar-refractivity contribution in [3.8, 4) is 0 Å². The van der Waals surface area contributed by atoms with Crippen LogP contribution in [0.4, 0.5) is 21.3 Å². The van der Waals surface area contributed by atoms with Crippen LogP contribution in [0.25, 0.3) is 0 Å². The summed E-state index contributed by atoms with van der Waals surface area (Å²) in [7, 11) is 0. The molecule has 0 aliphatic rings. The third-order valence-electron chi connectivity index (χ3n) is 0. The molecule has 9 heteroatoms. The molecule has 0 unspecified atom stereocenters. The third-order valence-corrected chi connectivity index (χ3v) is 0. The fraction of sp³-hybridized carbons (Fsp3) is 0. The van der Waals surface area contributed by atoms with Crippen LogP contribution in [0, 0.1) is 0 Å². The summed E-state index contributed by atoms with van der Waals surface area (Å²) in [6, 6.07) is 0. The summed E-state index contributed by atoms with van der Waals surface area (Å²) in [5.74, 6) is 0. The minimum atomic E-state index is -10.9. The summed E-state index contributed by atoms with van der Waals surface area (Å²) in [4.78, 5) is 0. The van der Waals surface area contributed by atoms with Crippen molar-refractivity contribution in [2.45, 2.75) is 0 Å². The molecule has 0 atom stereocenters. The van der Waals surface area contributed by atoms with Crippen molar-refractivity contribution in [3.05, 3.63) is 0 Å². The van der Waals surface area contributed by atoms with Crippen LogP contribution < -0.4 is 59.1 Å². The monoisotopic (exact) mass is 215 g/mol. The first-order valence-corrected chi connectivity index (χ1v) is 3.53. The van der Waals surface area contributed by atoms with E-state index in [4.69, 9.17) is 0 Å². The van der Waals surface area contributed by atoms with Gasteiger partial charge in [-0.1, -0.05) is 0 Å². The van der Waals surface area contributed by atoms with Gasteiger partial charge in [-0.05, 0) is 0 Å². The Kier molecular flexibility index (Phi) is 5.48. The van der Waals surface area contributed by atoms with Crippen LogP contribution in [-0.4, -0.2) is 0 Å². The largest absolute Gasteiger partial charge is 1.00 e. The van der Waals surface area contributed by atoms with E-state index in [9.17, 15) is 21.3 Å². The summed E-state index contributed by atoms with van der Waals surface area (Å²) in [6.45, 7) is 0. The van der Waals surface area contributed by atoms with Crippen molar-refractivity contribution in [1.29, 1.82) is 0 Å². The molecule has 0 aromatic carbocycles. The Hall–Kier alpha value is 2.10. The normalized spacial score (nSPS) is 18.0. The van der Waals surface area contributed by atoms with Gasteiger partial charge in [0, 0.05) is 0 Å². The van der Waals surface area contributed by atoms with E-state index in [1.165, 1.54) is 0 Å². The van der Waals surface area contributed by atoms with E-state index in [0.29, 0.717) is 0 Å². The number of hydrogen-bond acceptors (Lipinski definition) is 0. The molecule has 0 aliphatic heterocycles. The first-order valence-electron chi connectivity index (χ1n) is 0.857. The molecular weight excluding hydrogens is 215 g/mol. The topological polar surface area (TPSA) is 0 Å². The van der Waals surface area contributed by atoms with Crippen LogP contribution >= 0.6 is 0 Å². The van der Waals surface area contributed by atoms with E-state index >= 15 is 0 Å². The molecule has 0 amide bonds. The zero-order valence-corrected chi connectivity index (χ0v) is 9.83. The molecule has 51 valence electrons. The molecular formula is F6MnNa2. The summed E-state index contributed by atoms with van der Waals surface area (Å²) >= 11 is -10.9. The van der Waals surface area contributed by atoms with Gasteiger partial charge in [0.2, 0.25) is 0 Å². The Morgan fingerprint density at radius 3 is 0.556 bits per heavy atom. The Morgan fingerprint density at radius 2 is 0.556 bits per heavy atom. The van der Waals surface area contributed by atoms with Crippen molar-refractivity contribution in [2.24, 2.45) is 0 Å². The summed E-state index contributed by atoms with van der Waals surface area (Å²) in [6.07, 6.45) is 0. The molecule has 9 heavy (non-hydrogen) atoms. The van der Waals surface area contributed by atoms with E-state index in [-0.39, 0.29) is 59.1 Å². The Bertz CT molecular complexity index is 69.6. The van der Waals surface area contributed by atoms with Crippen LogP contribution in [-0.2, 0) is 13.5 Å². The van der Waals surface area contributed by atoms with Gasteiger partial charge >= 0.3 is 93.9 Å². The van der Waals surface area contributed by atoms with Gasteiger partial charge in [0.05, 0.1) is 0 Å². The molecule has 0 fully saturated rings. The van der Waals surface area contributed by atoms with Crippen LogP contribution in [0.5, 0.6) is 0 Å². The van der Waals surface area contributed by atoms with Gasteiger partial charge in [0.15, 0.2) is 0 Å². The first-order chi connectivity index (χ1) is 2.45. The van der Waals surface area contributed by atoms with Gasteiger partial charge in [0.1, 0.15) is 0 Å². The smallest absolute Gasteiger partial charge is 1.00 e. The SMILES string of the molecule is [F][Mn-2]([F])([F])([F])([F])[F].[Na+].[Na+]. The molecule has 0 N–H and O–H groups in total. The van der Waals surface area contributed by atoms with E-state index in [0.717, 1.165) is 0 Å². The zero-order valence-electron chi connectivity index (χ0n) is 4.65. The number of rotatable bonds is 0. The van der Waals surface area contributed by atoms with Gasteiger partial charge in [0.25, 0.3) is 0 Å². The minimum absolute atomic E-state index is 0. The maximum absolute atomic E-state index is 10.9. The molecule has 0 aromatic heterocycles. The average Bonchev–Trinajstić information content (AvgIpc) is 0.592. The Labute approximate surface area is 92.6 Å². The van der Waals surface area contributed by atoms with Crippen molar-refractivity contribution in [1.82, 2.24) is 0 Å². The Morgan fingerprint density at radius 1 is 0.556 bits per heavy atom. The van der Waals surface area contributed by atoms with Crippen molar-refractivity contribution in [2.75, 3.05) is 0 Å². The van der Waals surface area contributed by atoms with Gasteiger partial charge < -0.3 is 0 Å². The van der Waals surface area contributed by atoms with E-state index in [1.807, 2.05) is 0 Å². The van der Waals surface area contributed by atoms with Gasteiger partial charge in [-0.2, -0.15) is 0 Å². The number of halogens is 6. The molecule has 0 radical (unpaired) electrons. The second kappa shape index (κ2) is 2.86. The van der Waals surface area contributed by atoms with Crippen LogP contribution in [0.15, 0.2) is 0 Å². The van der Waals surface area contributed by atoms with E-state index in [1.54, 1.807) is 0 Å². The molecule has 0 heterocycles. The molecule has 0 aromatic rings. The van der Waals surface area contributed by atoms with Gasteiger partial charge in [-0.25, -0.2) is 0 Å². The van der Waals surface area contributed by atoms with Crippen molar-refractivity contribution < 1.29 is 93.9 Å². The van der Waals surface area contributed by atoms with Gasteiger partial charge in [-0.15, -0.1) is 0 Å². The van der Waals surface area contributed by atoms with E-state index < -0.39 is 13.5 Å². The third kappa shape index (κ3) is 150. The second-order valence-electron chi connectivity index (χ2n) is 0.810. The van der Waals surface area contributed by atoms with Crippen molar-refractivity contribution >= 4 is 0 Å². The summed E-state index contributed by atoms with van der Waals surface area (Å²) in [5, 5.41) is 0. The summed E-state index contributed by atoms with van der Waals surface area (Å²) < 4.78 is 59.3. The molecule has 0 nitrogen and oxygen atoms in total. The fourth-order valence-corrected chi connectivity index (χ4v) is 0. The maximum atomic E-state index is 9.89. The van der Waals surface area contributed by atoms with Crippen LogP contribution in [0.2, 0.25) is 0 Å². The zero-order chi connectivity index (χ0) is 6.41. The summed E-state index contributed by atoms with van der Waals surface area (Å²) in [5.41, 5.74) is 0. The molecule has 0 aliphatic carbocycles. The quantitative estimate of drug-likeness (QED) is 0.291. The standard InChI is InChI=1S/6FH.Mn.2Na/h6*1H;;;/q;;;;;;+4;2*+1/p-6. The van der Waals surface area contributed by atoms with Crippen molar-refractivity contribution in [3.63, 3.8) is 0 Å². The van der Waals surface area contributed by atoms with Gasteiger partial charge in [-0.3, -0.25) is 0 Å². The molecule has 0 saturated heterocycles. The maximum Gasteiger partial charge on any atom is 1.00 e. The predicted molar refractivity (Wildman–Crippen MR) is 6.65 cm³/mol. The minimum Gasteiger partial charge on any atom is 1.00 e. The second-order valence-corrected chi connectivity index (χ2v) is 3.34. The Balaban J connectivity index is -0.000000180. The van der Waals surface area contributed by atoms with Crippen LogP contribution in [0.1, 0.15) is 0 Å². The van der Waals surface area contributed by atoms with E-state index in [2.05, 4.69) is 0 Å². The molecule has 0 rings (SSSR count). The molecule has 0 saturated carbocycles. The van der Waals surface area contributed by atoms with Crippen LogP contribution in [0.3, 0.4) is 0 Å². The first kappa shape index (κ1) is 17.3. The average molecular weight is 215 g/mol. The number of hydrogen-bond donors (Lipinski definition) is 0. The molecule has 0 spiro atoms. The predicted octanol–water partition coefficient (Wildman–Crippen LogP) is -3.47. The molecule has 0 bridgehead atoms.